The summed E-state index contributed by atoms with van der Waals surface area (Å²) < 4.78 is 0. The van der Waals surface area contributed by atoms with Crippen LogP contribution in [-0.4, -0.2) is 78.4 Å². The zero-order valence-corrected chi connectivity index (χ0v) is 18.7. The van der Waals surface area contributed by atoms with Crippen molar-refractivity contribution >= 4 is 41.1 Å². The van der Waals surface area contributed by atoms with Crippen LogP contribution in [-0.2, 0) is 9.59 Å². The molecule has 30 heavy (non-hydrogen) atoms. The number of rotatable bonds is 7. The summed E-state index contributed by atoms with van der Waals surface area (Å²) in [5.41, 5.74) is 6.64. The number of hydrogen-bond acceptors (Lipinski definition) is 4. The largest absolute Gasteiger partial charge is 0.339 e. The summed E-state index contributed by atoms with van der Waals surface area (Å²) in [5.74, 6) is -0.281. The maximum Gasteiger partial charge on any atom is 0.247 e. The summed E-state index contributed by atoms with van der Waals surface area (Å²) in [6.07, 6.45) is 7.95. The van der Waals surface area contributed by atoms with Crippen molar-refractivity contribution in [2.45, 2.75) is 31.7 Å². The normalized spacial score (nSPS) is 20.9. The fourth-order valence-electron chi connectivity index (χ4n) is 4.10. The van der Waals surface area contributed by atoms with E-state index in [1.54, 1.807) is 29.2 Å². The maximum absolute atomic E-state index is 12.9. The molecule has 8 heteroatoms. The van der Waals surface area contributed by atoms with Crippen molar-refractivity contribution in [2.24, 2.45) is 5.73 Å². The van der Waals surface area contributed by atoms with Crippen LogP contribution in [0, 0.1) is 0 Å². The zero-order chi connectivity index (χ0) is 21.5. The standard InChI is InChI=1S/C22H30Cl2N4O2/c23-18-7-5-17(15-19(18)24)6-8-21(29)28-14-13-27(22(30)20(28)16-25)12-4-11-26-9-2-1-3-10-26/h5-8,15,20H,1-4,9-14,16,25H2/b8-6+. The lowest BCUT2D eigenvalue weighted by atomic mass is 10.1. The topological polar surface area (TPSA) is 69.9 Å². The van der Waals surface area contributed by atoms with Gasteiger partial charge in [-0.2, -0.15) is 0 Å². The Hall–Kier alpha value is -1.60. The van der Waals surface area contributed by atoms with E-state index in [1.165, 1.54) is 25.3 Å². The van der Waals surface area contributed by atoms with Crippen molar-refractivity contribution in [1.29, 1.82) is 0 Å². The first-order valence-electron chi connectivity index (χ1n) is 10.6. The van der Waals surface area contributed by atoms with Gasteiger partial charge in [-0.05, 0) is 62.7 Å². The predicted molar refractivity (Wildman–Crippen MR) is 122 cm³/mol. The molecule has 1 aromatic rings. The minimum Gasteiger partial charge on any atom is -0.339 e. The van der Waals surface area contributed by atoms with Gasteiger partial charge in [-0.25, -0.2) is 0 Å². The molecule has 0 aromatic heterocycles. The number of likely N-dealkylation sites (tertiary alicyclic amines) is 1. The fraction of sp³-hybridized carbons (Fsp3) is 0.545. The van der Waals surface area contributed by atoms with Crippen LogP contribution in [0.2, 0.25) is 10.0 Å². The van der Waals surface area contributed by atoms with Gasteiger partial charge in [-0.3, -0.25) is 9.59 Å². The first-order valence-corrected chi connectivity index (χ1v) is 11.4. The maximum atomic E-state index is 12.9. The second-order valence-electron chi connectivity index (χ2n) is 7.87. The SMILES string of the molecule is NCC1C(=O)N(CCCN2CCCCC2)CCN1C(=O)/C=C/c1ccc(Cl)c(Cl)c1. The summed E-state index contributed by atoms with van der Waals surface area (Å²) in [4.78, 5) is 31.5. The van der Waals surface area contributed by atoms with Gasteiger partial charge < -0.3 is 20.4 Å². The molecule has 2 aliphatic rings. The van der Waals surface area contributed by atoms with Crippen molar-refractivity contribution in [3.63, 3.8) is 0 Å². The second kappa shape index (κ2) is 11.1. The molecular formula is C22H30Cl2N4O2. The number of benzene rings is 1. The van der Waals surface area contributed by atoms with E-state index in [2.05, 4.69) is 4.90 Å². The third kappa shape index (κ3) is 5.97. The molecule has 1 atom stereocenters. The number of amides is 2. The average Bonchev–Trinajstić information content (AvgIpc) is 2.76. The summed E-state index contributed by atoms with van der Waals surface area (Å²) >= 11 is 11.9. The molecule has 164 valence electrons. The Kier molecular flexibility index (Phi) is 8.57. The van der Waals surface area contributed by atoms with Gasteiger partial charge in [-0.15, -0.1) is 0 Å². The first-order chi connectivity index (χ1) is 14.5. The molecule has 1 aromatic carbocycles. The van der Waals surface area contributed by atoms with Crippen molar-refractivity contribution in [2.75, 3.05) is 45.8 Å². The average molecular weight is 453 g/mol. The third-order valence-corrected chi connectivity index (χ3v) is 6.54. The second-order valence-corrected chi connectivity index (χ2v) is 8.69. The fourth-order valence-corrected chi connectivity index (χ4v) is 4.41. The van der Waals surface area contributed by atoms with Crippen molar-refractivity contribution < 1.29 is 9.59 Å². The van der Waals surface area contributed by atoms with Crippen LogP contribution in [0.4, 0.5) is 0 Å². The van der Waals surface area contributed by atoms with Crippen molar-refractivity contribution in [1.82, 2.24) is 14.7 Å². The van der Waals surface area contributed by atoms with Crippen LogP contribution in [0.1, 0.15) is 31.2 Å². The number of hydrogen-bond donors (Lipinski definition) is 1. The van der Waals surface area contributed by atoms with E-state index in [1.807, 2.05) is 4.90 Å². The highest BCUT2D eigenvalue weighted by atomic mass is 35.5. The van der Waals surface area contributed by atoms with E-state index < -0.39 is 6.04 Å². The van der Waals surface area contributed by atoms with Gasteiger partial charge in [0.25, 0.3) is 0 Å². The number of piperazine rings is 1. The number of nitrogens with zero attached hydrogens (tertiary/aromatic N) is 3. The van der Waals surface area contributed by atoms with Gasteiger partial charge >= 0.3 is 0 Å². The Bertz CT molecular complexity index is 780. The van der Waals surface area contributed by atoms with Crippen LogP contribution in [0.5, 0.6) is 0 Å². The van der Waals surface area contributed by atoms with Gasteiger partial charge in [0, 0.05) is 32.3 Å². The molecule has 2 aliphatic heterocycles. The molecule has 2 N–H and O–H groups in total. The minimum atomic E-state index is -0.611. The highest BCUT2D eigenvalue weighted by Gasteiger charge is 2.35. The molecule has 0 saturated carbocycles. The lowest BCUT2D eigenvalue weighted by Gasteiger charge is -2.40. The number of piperidine rings is 1. The van der Waals surface area contributed by atoms with Gasteiger partial charge in [0.1, 0.15) is 6.04 Å². The van der Waals surface area contributed by atoms with E-state index in [4.69, 9.17) is 28.9 Å². The number of nitrogens with two attached hydrogens (primary N) is 1. The predicted octanol–water partition coefficient (Wildman–Crippen LogP) is 2.88. The molecule has 1 unspecified atom stereocenters. The number of carbonyl (C=O) groups excluding carboxylic acids is 2. The van der Waals surface area contributed by atoms with Gasteiger partial charge in [-0.1, -0.05) is 35.7 Å². The monoisotopic (exact) mass is 452 g/mol. The Morgan fingerprint density at radius 3 is 2.53 bits per heavy atom. The van der Waals surface area contributed by atoms with Crippen molar-refractivity contribution in [3.8, 4) is 0 Å². The summed E-state index contributed by atoms with van der Waals surface area (Å²) in [5, 5.41) is 0.893. The van der Waals surface area contributed by atoms with Gasteiger partial charge in [0.15, 0.2) is 0 Å². The lowest BCUT2D eigenvalue weighted by molar-refractivity contribution is -0.148. The van der Waals surface area contributed by atoms with Crippen LogP contribution in [0.25, 0.3) is 6.08 Å². The molecule has 3 rings (SSSR count). The van der Waals surface area contributed by atoms with Crippen LogP contribution < -0.4 is 5.73 Å². The molecule has 6 nitrogen and oxygen atoms in total. The van der Waals surface area contributed by atoms with E-state index in [9.17, 15) is 9.59 Å². The summed E-state index contributed by atoms with van der Waals surface area (Å²) in [7, 11) is 0. The Morgan fingerprint density at radius 1 is 1.07 bits per heavy atom. The molecule has 0 aliphatic carbocycles. The number of carbonyl (C=O) groups is 2. The first kappa shape index (κ1) is 23.1. The molecule has 2 amide bonds. The lowest BCUT2D eigenvalue weighted by Crippen LogP contribution is -2.61. The van der Waals surface area contributed by atoms with Crippen LogP contribution >= 0.6 is 23.2 Å². The quantitative estimate of drug-likeness (QED) is 0.645. The molecular weight excluding hydrogens is 423 g/mol. The summed E-state index contributed by atoms with van der Waals surface area (Å²) in [6, 6.07) is 4.55. The van der Waals surface area contributed by atoms with Gasteiger partial charge in [0.2, 0.25) is 11.8 Å². The molecule has 0 radical (unpaired) electrons. The Labute approximate surface area is 188 Å². The van der Waals surface area contributed by atoms with Crippen LogP contribution in [0.15, 0.2) is 24.3 Å². The smallest absolute Gasteiger partial charge is 0.247 e. The van der Waals surface area contributed by atoms with E-state index in [0.717, 1.165) is 31.6 Å². The van der Waals surface area contributed by atoms with Crippen LogP contribution in [0.3, 0.4) is 0 Å². The molecule has 2 saturated heterocycles. The molecule has 2 fully saturated rings. The zero-order valence-electron chi connectivity index (χ0n) is 17.2. The molecule has 0 bridgehead atoms. The Balaban J connectivity index is 1.54. The van der Waals surface area contributed by atoms with Crippen molar-refractivity contribution in [3.05, 3.63) is 39.9 Å². The van der Waals surface area contributed by atoms with E-state index in [0.29, 0.717) is 29.7 Å². The highest BCUT2D eigenvalue weighted by molar-refractivity contribution is 6.42. The van der Waals surface area contributed by atoms with Gasteiger partial charge in [0.05, 0.1) is 10.0 Å². The van der Waals surface area contributed by atoms with E-state index >= 15 is 0 Å². The minimum absolute atomic E-state index is 0.0568. The number of halogens is 2. The molecule has 0 spiro atoms. The van der Waals surface area contributed by atoms with E-state index in [-0.39, 0.29) is 18.4 Å². The highest BCUT2D eigenvalue weighted by Crippen LogP contribution is 2.23. The molecule has 2 heterocycles. The third-order valence-electron chi connectivity index (χ3n) is 5.80. The Morgan fingerprint density at radius 2 is 1.83 bits per heavy atom. The summed E-state index contributed by atoms with van der Waals surface area (Å²) in [6.45, 7) is 5.20.